The average molecular weight is 334 g/mol. The zero-order valence-corrected chi connectivity index (χ0v) is 12.5. The smallest absolute Gasteiger partial charge is 0.302 e. The van der Waals surface area contributed by atoms with Crippen LogP contribution in [0, 0.1) is 0 Å². The standard InChI is InChI=1S/C12H18F4O6/c1-5-7(13)19-11(3,15)9(17)21-22-10(18)12(4,16)20-8(14)6-2/h7-8H,5-6H2,1-4H3. The van der Waals surface area contributed by atoms with Crippen LogP contribution in [0.2, 0.25) is 0 Å². The minimum atomic E-state index is -3.27. The van der Waals surface area contributed by atoms with Gasteiger partial charge in [0.2, 0.25) is 12.7 Å². The van der Waals surface area contributed by atoms with Gasteiger partial charge in [0, 0.05) is 26.7 Å². The van der Waals surface area contributed by atoms with Crippen molar-refractivity contribution in [2.24, 2.45) is 0 Å². The van der Waals surface area contributed by atoms with Crippen molar-refractivity contribution in [1.82, 2.24) is 0 Å². The first-order chi connectivity index (χ1) is 9.96. The van der Waals surface area contributed by atoms with E-state index in [-0.39, 0.29) is 12.8 Å². The van der Waals surface area contributed by atoms with Gasteiger partial charge in [-0.2, -0.15) is 8.78 Å². The minimum absolute atomic E-state index is 0.252. The van der Waals surface area contributed by atoms with Crippen molar-refractivity contribution < 1.29 is 46.4 Å². The molecule has 4 atom stereocenters. The molecule has 0 amide bonds. The molecule has 6 nitrogen and oxygen atoms in total. The lowest BCUT2D eigenvalue weighted by atomic mass is 10.3. The van der Waals surface area contributed by atoms with Crippen molar-refractivity contribution in [2.45, 2.75) is 65.0 Å². The molecule has 0 radical (unpaired) electrons. The quantitative estimate of drug-likeness (QED) is 0.386. The highest BCUT2D eigenvalue weighted by Crippen LogP contribution is 2.22. The molecule has 0 aromatic rings. The Hall–Kier alpha value is -1.42. The van der Waals surface area contributed by atoms with Crippen LogP contribution in [0.15, 0.2) is 0 Å². The summed E-state index contributed by atoms with van der Waals surface area (Å²) in [5.74, 6) is -10.4. The fraction of sp³-hybridized carbons (Fsp3) is 0.833. The van der Waals surface area contributed by atoms with E-state index in [0.717, 1.165) is 0 Å². The molecule has 130 valence electrons. The zero-order valence-electron chi connectivity index (χ0n) is 12.5. The van der Waals surface area contributed by atoms with E-state index in [9.17, 15) is 27.2 Å². The first-order valence-electron chi connectivity index (χ1n) is 6.41. The molecule has 0 rings (SSSR count). The van der Waals surface area contributed by atoms with Crippen molar-refractivity contribution in [2.75, 3.05) is 0 Å². The van der Waals surface area contributed by atoms with Gasteiger partial charge >= 0.3 is 23.6 Å². The van der Waals surface area contributed by atoms with E-state index in [4.69, 9.17) is 0 Å². The number of carbonyl (C=O) groups excluding carboxylic acids is 2. The molecule has 0 aliphatic rings. The summed E-state index contributed by atoms with van der Waals surface area (Å²) in [4.78, 5) is 29.9. The topological polar surface area (TPSA) is 71.1 Å². The van der Waals surface area contributed by atoms with Crippen molar-refractivity contribution >= 4 is 11.9 Å². The van der Waals surface area contributed by atoms with Gasteiger partial charge in [0.05, 0.1) is 0 Å². The molecule has 22 heavy (non-hydrogen) atoms. The van der Waals surface area contributed by atoms with Crippen LogP contribution < -0.4 is 0 Å². The fourth-order valence-corrected chi connectivity index (χ4v) is 0.968. The summed E-state index contributed by atoms with van der Waals surface area (Å²) in [6, 6.07) is 0. The Bertz CT molecular complexity index is 352. The molecular formula is C12H18F4O6. The summed E-state index contributed by atoms with van der Waals surface area (Å²) in [7, 11) is 0. The summed E-state index contributed by atoms with van der Waals surface area (Å²) in [5.41, 5.74) is 0. The molecule has 0 aromatic carbocycles. The molecule has 0 saturated heterocycles. The summed E-state index contributed by atoms with van der Waals surface area (Å²) in [6.07, 6.45) is -4.72. The molecule has 0 saturated carbocycles. The third-order valence-electron chi connectivity index (χ3n) is 2.26. The number of ether oxygens (including phenoxy) is 2. The Morgan fingerprint density at radius 3 is 1.36 bits per heavy atom. The maximum atomic E-state index is 13.6. The third-order valence-corrected chi connectivity index (χ3v) is 2.26. The van der Waals surface area contributed by atoms with E-state index in [0.29, 0.717) is 13.8 Å². The third kappa shape index (κ3) is 6.56. The first kappa shape index (κ1) is 20.6. The number of rotatable bonds is 8. The lowest BCUT2D eigenvalue weighted by Crippen LogP contribution is -2.41. The highest BCUT2D eigenvalue weighted by molar-refractivity contribution is 5.80. The van der Waals surface area contributed by atoms with E-state index in [1.807, 2.05) is 0 Å². The van der Waals surface area contributed by atoms with E-state index >= 15 is 0 Å². The van der Waals surface area contributed by atoms with Crippen LogP contribution in [0.4, 0.5) is 17.6 Å². The Morgan fingerprint density at radius 1 is 0.864 bits per heavy atom. The Morgan fingerprint density at radius 2 is 1.14 bits per heavy atom. The van der Waals surface area contributed by atoms with Crippen LogP contribution in [0.5, 0.6) is 0 Å². The molecule has 0 bridgehead atoms. The van der Waals surface area contributed by atoms with Gasteiger partial charge in [-0.15, -0.1) is 0 Å². The SMILES string of the molecule is CCC(F)OC(C)(F)C(=O)OOC(=O)C(C)(F)OC(F)CC. The summed E-state index contributed by atoms with van der Waals surface area (Å²) in [5, 5.41) is 0. The zero-order chi connectivity index (χ0) is 17.6. The van der Waals surface area contributed by atoms with Gasteiger partial charge in [-0.25, -0.2) is 28.1 Å². The molecular weight excluding hydrogens is 316 g/mol. The molecule has 10 heteroatoms. The minimum Gasteiger partial charge on any atom is -0.302 e. The Labute approximate surface area is 124 Å². The predicted octanol–water partition coefficient (Wildman–Crippen LogP) is 2.80. The van der Waals surface area contributed by atoms with Crippen molar-refractivity contribution in [1.29, 1.82) is 0 Å². The van der Waals surface area contributed by atoms with Crippen LogP contribution in [-0.2, 0) is 28.8 Å². The van der Waals surface area contributed by atoms with Gasteiger partial charge < -0.3 is 9.47 Å². The lowest BCUT2D eigenvalue weighted by Gasteiger charge is -2.22. The van der Waals surface area contributed by atoms with Crippen LogP contribution in [-0.4, -0.2) is 36.4 Å². The van der Waals surface area contributed by atoms with Crippen molar-refractivity contribution in [3.63, 3.8) is 0 Å². The number of alkyl halides is 4. The van der Waals surface area contributed by atoms with Gasteiger partial charge in [0.1, 0.15) is 0 Å². The van der Waals surface area contributed by atoms with Crippen molar-refractivity contribution in [3.8, 4) is 0 Å². The number of carbonyl (C=O) groups is 2. The van der Waals surface area contributed by atoms with Crippen LogP contribution in [0.1, 0.15) is 40.5 Å². The second kappa shape index (κ2) is 8.28. The predicted molar refractivity (Wildman–Crippen MR) is 63.8 cm³/mol. The summed E-state index contributed by atoms with van der Waals surface area (Å²) >= 11 is 0. The Balaban J connectivity index is 4.53. The molecule has 0 heterocycles. The molecule has 0 fully saturated rings. The van der Waals surface area contributed by atoms with Crippen LogP contribution >= 0.6 is 0 Å². The highest BCUT2D eigenvalue weighted by atomic mass is 19.2. The lowest BCUT2D eigenvalue weighted by molar-refractivity contribution is -0.310. The van der Waals surface area contributed by atoms with E-state index in [1.54, 1.807) is 0 Å². The number of halogens is 4. The van der Waals surface area contributed by atoms with E-state index < -0.39 is 36.4 Å². The molecule has 4 unspecified atom stereocenters. The number of hydrogen-bond acceptors (Lipinski definition) is 6. The van der Waals surface area contributed by atoms with E-state index in [1.165, 1.54) is 13.8 Å². The van der Waals surface area contributed by atoms with Gasteiger partial charge in [-0.1, -0.05) is 13.8 Å². The normalized spacial score (nSPS) is 19.5. The second-order valence-electron chi connectivity index (χ2n) is 4.45. The van der Waals surface area contributed by atoms with Crippen LogP contribution in [0.3, 0.4) is 0 Å². The first-order valence-corrected chi connectivity index (χ1v) is 6.41. The average Bonchev–Trinajstić information content (AvgIpc) is 2.42. The summed E-state index contributed by atoms with van der Waals surface area (Å²) < 4.78 is 61.1. The van der Waals surface area contributed by atoms with Crippen molar-refractivity contribution in [3.05, 3.63) is 0 Å². The highest BCUT2D eigenvalue weighted by Gasteiger charge is 2.44. The van der Waals surface area contributed by atoms with E-state index in [2.05, 4.69) is 19.2 Å². The Kier molecular flexibility index (Phi) is 7.74. The maximum absolute atomic E-state index is 13.6. The summed E-state index contributed by atoms with van der Waals surface area (Å²) in [6.45, 7) is 3.65. The number of hydrogen-bond donors (Lipinski definition) is 0. The molecule has 0 aliphatic carbocycles. The molecule has 0 aliphatic heterocycles. The van der Waals surface area contributed by atoms with Gasteiger partial charge in [0.15, 0.2) is 0 Å². The van der Waals surface area contributed by atoms with Crippen LogP contribution in [0.25, 0.3) is 0 Å². The van der Waals surface area contributed by atoms with Gasteiger partial charge in [0.25, 0.3) is 0 Å². The van der Waals surface area contributed by atoms with Gasteiger partial charge in [-0.05, 0) is 0 Å². The molecule has 0 spiro atoms. The van der Waals surface area contributed by atoms with Gasteiger partial charge in [-0.3, -0.25) is 0 Å². The molecule has 0 N–H and O–H groups in total. The second-order valence-corrected chi connectivity index (χ2v) is 4.45. The maximum Gasteiger partial charge on any atom is 0.419 e. The molecule has 0 aromatic heterocycles. The fourth-order valence-electron chi connectivity index (χ4n) is 0.968. The monoisotopic (exact) mass is 334 g/mol. The largest absolute Gasteiger partial charge is 0.419 e.